The van der Waals surface area contributed by atoms with Gasteiger partial charge in [-0.1, -0.05) is 37.0 Å². The van der Waals surface area contributed by atoms with Crippen molar-refractivity contribution in [2.75, 3.05) is 7.11 Å². The predicted molar refractivity (Wildman–Crippen MR) is 101 cm³/mol. The maximum atomic E-state index is 12.8. The lowest BCUT2D eigenvalue weighted by Crippen LogP contribution is -2.48. The number of carbonyl (C=O) groups excluding carboxylic acids is 2. The van der Waals surface area contributed by atoms with Crippen molar-refractivity contribution in [2.24, 2.45) is 11.3 Å². The zero-order chi connectivity index (χ0) is 18.1. The molecular formula is C21H26O3Si. The highest BCUT2D eigenvalue weighted by molar-refractivity contribution is 6.89. The standard InChI is InChI=1S/C21H26O3Si/c1-12-10-17(25(3,4)5)13-6-8-21(20(23)24-2)9-7-16(22)15-11-14(12)18(13)19(15)21/h7,9-10,15,19H,6,8,11H2,1-5H3/t15-,19+,21-/m1/s1. The van der Waals surface area contributed by atoms with Crippen LogP contribution in [-0.2, 0) is 27.2 Å². The van der Waals surface area contributed by atoms with E-state index in [0.717, 1.165) is 19.3 Å². The molecule has 0 unspecified atom stereocenters. The summed E-state index contributed by atoms with van der Waals surface area (Å²) in [6.07, 6.45) is 5.92. The Labute approximate surface area is 150 Å². The lowest BCUT2D eigenvalue weighted by molar-refractivity contribution is -0.153. The SMILES string of the molecule is COC(=O)[C@]12C=CC(=O)[C@H]3Cc4c(C)cc([Si](C)(C)C)c(c4[C@H]31)CC2. The van der Waals surface area contributed by atoms with Gasteiger partial charge in [-0.05, 0) is 54.5 Å². The maximum absolute atomic E-state index is 12.8. The summed E-state index contributed by atoms with van der Waals surface area (Å²) in [5.41, 5.74) is 4.71. The fourth-order valence-corrected chi connectivity index (χ4v) is 7.27. The predicted octanol–water partition coefficient (Wildman–Crippen LogP) is 3.04. The third kappa shape index (κ3) is 2.09. The van der Waals surface area contributed by atoms with Gasteiger partial charge >= 0.3 is 5.97 Å². The number of rotatable bonds is 2. The molecule has 0 aliphatic heterocycles. The van der Waals surface area contributed by atoms with Crippen LogP contribution in [0.1, 0.15) is 34.6 Å². The Hall–Kier alpha value is -1.68. The zero-order valence-electron chi connectivity index (χ0n) is 15.7. The normalized spacial score (nSPS) is 29.6. The molecule has 3 nitrogen and oxygen atoms in total. The molecule has 3 aliphatic rings. The van der Waals surface area contributed by atoms with Gasteiger partial charge in [0.2, 0.25) is 0 Å². The van der Waals surface area contributed by atoms with Crippen molar-refractivity contribution < 1.29 is 14.3 Å². The number of ether oxygens (including phenoxy) is 1. The molecule has 0 bridgehead atoms. The van der Waals surface area contributed by atoms with E-state index in [1.54, 1.807) is 6.08 Å². The summed E-state index contributed by atoms with van der Waals surface area (Å²) in [4.78, 5) is 25.4. The molecular weight excluding hydrogens is 328 g/mol. The molecule has 4 heteroatoms. The highest BCUT2D eigenvalue weighted by Crippen LogP contribution is 2.59. The molecule has 1 aromatic rings. The van der Waals surface area contributed by atoms with E-state index in [4.69, 9.17) is 4.74 Å². The number of ketones is 1. The van der Waals surface area contributed by atoms with Crippen molar-refractivity contribution in [3.63, 3.8) is 0 Å². The second kappa shape index (κ2) is 5.16. The van der Waals surface area contributed by atoms with Crippen molar-refractivity contribution in [1.29, 1.82) is 0 Å². The summed E-state index contributed by atoms with van der Waals surface area (Å²) in [6.45, 7) is 9.31. The number of esters is 1. The number of carbonyl (C=O) groups is 2. The van der Waals surface area contributed by atoms with Crippen LogP contribution in [0.15, 0.2) is 18.2 Å². The summed E-state index contributed by atoms with van der Waals surface area (Å²) < 4.78 is 5.21. The van der Waals surface area contributed by atoms with E-state index >= 15 is 0 Å². The Morgan fingerprint density at radius 3 is 2.64 bits per heavy atom. The number of aryl methyl sites for hydroxylation is 1. The summed E-state index contributed by atoms with van der Waals surface area (Å²) in [6, 6.07) is 2.38. The lowest BCUT2D eigenvalue weighted by Gasteiger charge is -2.44. The monoisotopic (exact) mass is 354 g/mol. The van der Waals surface area contributed by atoms with Crippen LogP contribution in [0.25, 0.3) is 0 Å². The Morgan fingerprint density at radius 1 is 1.28 bits per heavy atom. The van der Waals surface area contributed by atoms with Crippen LogP contribution in [0.4, 0.5) is 0 Å². The second-order valence-corrected chi connectivity index (χ2v) is 14.0. The van der Waals surface area contributed by atoms with Gasteiger partial charge in [0.1, 0.15) is 0 Å². The molecule has 4 rings (SSSR count). The van der Waals surface area contributed by atoms with Crippen LogP contribution in [0.5, 0.6) is 0 Å². The minimum atomic E-state index is -1.50. The quantitative estimate of drug-likeness (QED) is 0.606. The van der Waals surface area contributed by atoms with E-state index in [2.05, 4.69) is 32.6 Å². The van der Waals surface area contributed by atoms with E-state index in [9.17, 15) is 9.59 Å². The van der Waals surface area contributed by atoms with Crippen LogP contribution in [-0.4, -0.2) is 26.9 Å². The topological polar surface area (TPSA) is 43.4 Å². The van der Waals surface area contributed by atoms with Gasteiger partial charge in [-0.3, -0.25) is 9.59 Å². The summed E-state index contributed by atoms with van der Waals surface area (Å²) in [5, 5.41) is 1.50. The Bertz CT molecular complexity index is 831. The van der Waals surface area contributed by atoms with E-state index in [0.29, 0.717) is 0 Å². The summed E-state index contributed by atoms with van der Waals surface area (Å²) in [7, 11) is -0.0371. The first-order valence-corrected chi connectivity index (χ1v) is 12.7. The number of benzene rings is 1. The molecule has 1 aromatic carbocycles. The summed E-state index contributed by atoms with van der Waals surface area (Å²) in [5.74, 6) is -0.150. The molecule has 0 fully saturated rings. The molecule has 0 aromatic heterocycles. The molecule has 0 N–H and O–H groups in total. The first-order chi connectivity index (χ1) is 11.7. The molecule has 0 saturated heterocycles. The van der Waals surface area contributed by atoms with E-state index in [-0.39, 0.29) is 23.6 Å². The van der Waals surface area contributed by atoms with Crippen LogP contribution in [0, 0.1) is 18.3 Å². The van der Waals surface area contributed by atoms with Gasteiger partial charge in [-0.2, -0.15) is 0 Å². The molecule has 0 saturated carbocycles. The third-order valence-electron chi connectivity index (χ3n) is 6.58. The smallest absolute Gasteiger partial charge is 0.316 e. The van der Waals surface area contributed by atoms with E-state index in [1.807, 2.05) is 6.08 Å². The molecule has 0 radical (unpaired) electrons. The largest absolute Gasteiger partial charge is 0.468 e. The van der Waals surface area contributed by atoms with Gasteiger partial charge in [0.25, 0.3) is 0 Å². The number of allylic oxidation sites excluding steroid dienone is 1. The van der Waals surface area contributed by atoms with Crippen LogP contribution >= 0.6 is 0 Å². The first kappa shape index (κ1) is 16.8. The maximum Gasteiger partial charge on any atom is 0.316 e. The Morgan fingerprint density at radius 2 is 2.00 bits per heavy atom. The van der Waals surface area contributed by atoms with Crippen LogP contribution < -0.4 is 5.19 Å². The van der Waals surface area contributed by atoms with Gasteiger partial charge in [-0.15, -0.1) is 0 Å². The molecule has 25 heavy (non-hydrogen) atoms. The fourth-order valence-electron chi connectivity index (χ4n) is 5.45. The minimum absolute atomic E-state index is 0.0359. The average Bonchev–Trinajstić information content (AvgIpc) is 2.98. The molecule has 3 atom stereocenters. The second-order valence-electron chi connectivity index (χ2n) is 8.92. The van der Waals surface area contributed by atoms with Crippen molar-refractivity contribution in [2.45, 2.75) is 51.7 Å². The molecule has 0 spiro atoms. The zero-order valence-corrected chi connectivity index (χ0v) is 16.7. The number of methoxy groups -OCH3 is 1. The number of hydrogen-bond donors (Lipinski definition) is 0. The van der Waals surface area contributed by atoms with E-state index < -0.39 is 13.5 Å². The molecule has 132 valence electrons. The van der Waals surface area contributed by atoms with E-state index in [1.165, 1.54) is 34.6 Å². The van der Waals surface area contributed by atoms with Gasteiger partial charge in [-0.25, -0.2) is 0 Å². The number of hydrogen-bond acceptors (Lipinski definition) is 3. The van der Waals surface area contributed by atoms with Crippen molar-refractivity contribution in [3.05, 3.63) is 40.5 Å². The van der Waals surface area contributed by atoms with Crippen LogP contribution in [0.2, 0.25) is 19.6 Å². The van der Waals surface area contributed by atoms with Gasteiger partial charge < -0.3 is 4.74 Å². The summed E-state index contributed by atoms with van der Waals surface area (Å²) >= 11 is 0. The lowest BCUT2D eigenvalue weighted by atomic mass is 9.59. The Kier molecular flexibility index (Phi) is 3.46. The Balaban J connectivity index is 2.02. The van der Waals surface area contributed by atoms with Gasteiger partial charge in [0.05, 0.1) is 20.6 Å². The fraction of sp³-hybridized carbons (Fsp3) is 0.524. The van der Waals surface area contributed by atoms with Crippen molar-refractivity contribution in [3.8, 4) is 0 Å². The average molecular weight is 355 g/mol. The molecule has 3 aliphatic carbocycles. The third-order valence-corrected chi connectivity index (χ3v) is 8.64. The van der Waals surface area contributed by atoms with Crippen molar-refractivity contribution >= 4 is 25.0 Å². The molecule has 0 amide bonds. The van der Waals surface area contributed by atoms with Crippen molar-refractivity contribution in [1.82, 2.24) is 0 Å². The van der Waals surface area contributed by atoms with Gasteiger partial charge in [0, 0.05) is 11.8 Å². The highest BCUT2D eigenvalue weighted by atomic mass is 28.3. The highest BCUT2D eigenvalue weighted by Gasteiger charge is 2.58. The first-order valence-electron chi connectivity index (χ1n) is 9.18. The van der Waals surface area contributed by atoms with Crippen LogP contribution in [0.3, 0.4) is 0 Å². The van der Waals surface area contributed by atoms with Gasteiger partial charge in [0.15, 0.2) is 5.78 Å². The molecule has 0 heterocycles. The minimum Gasteiger partial charge on any atom is -0.468 e.